The van der Waals surface area contributed by atoms with E-state index < -0.39 is 0 Å². The maximum absolute atomic E-state index is 9.26. The van der Waals surface area contributed by atoms with Crippen LogP contribution in [0.1, 0.15) is 68.6 Å². The van der Waals surface area contributed by atoms with E-state index in [1.807, 2.05) is 30.3 Å². The number of nitrogens with one attached hydrogen (secondary N) is 1. The summed E-state index contributed by atoms with van der Waals surface area (Å²) >= 11 is 14.5. The maximum atomic E-state index is 9.26. The topological polar surface area (TPSA) is 66.1 Å². The molecule has 1 unspecified atom stereocenters. The molecule has 5 rings (SSSR count). The van der Waals surface area contributed by atoms with E-state index in [1.165, 1.54) is 0 Å². The van der Waals surface area contributed by atoms with Crippen molar-refractivity contribution in [3.05, 3.63) is 130 Å². The first-order valence-electron chi connectivity index (χ1n) is 17.1. The highest BCUT2D eigenvalue weighted by Gasteiger charge is 2.26. The van der Waals surface area contributed by atoms with Crippen LogP contribution in [0.5, 0.6) is 0 Å². The summed E-state index contributed by atoms with van der Waals surface area (Å²) in [4.78, 5) is 4.48. The molecule has 0 aliphatic heterocycles. The van der Waals surface area contributed by atoms with Crippen molar-refractivity contribution in [1.29, 1.82) is 10.5 Å². The van der Waals surface area contributed by atoms with Gasteiger partial charge in [0.25, 0.3) is 0 Å². The van der Waals surface area contributed by atoms with Gasteiger partial charge in [-0.1, -0.05) is 104 Å². The lowest BCUT2D eigenvalue weighted by atomic mass is 9.82. The van der Waals surface area contributed by atoms with Crippen molar-refractivity contribution in [1.82, 2.24) is 0 Å². The molecule has 5 aromatic carbocycles. The molecule has 49 heavy (non-hydrogen) atoms. The number of anilines is 4. The van der Waals surface area contributed by atoms with E-state index in [0.29, 0.717) is 36.0 Å². The van der Waals surface area contributed by atoms with Crippen LogP contribution < -0.4 is 15.1 Å². The van der Waals surface area contributed by atoms with Crippen molar-refractivity contribution in [2.45, 2.75) is 51.9 Å². The highest BCUT2D eigenvalue weighted by Crippen LogP contribution is 2.45. The zero-order valence-corrected chi connectivity index (χ0v) is 29.8. The Morgan fingerprint density at radius 3 is 1.71 bits per heavy atom. The molecule has 0 aliphatic rings. The average molecular weight is 689 g/mol. The summed E-state index contributed by atoms with van der Waals surface area (Å²) in [6.45, 7) is 7.44. The van der Waals surface area contributed by atoms with Gasteiger partial charge < -0.3 is 15.1 Å². The number of rotatable bonds is 16. The first kappa shape index (κ1) is 35.6. The first-order chi connectivity index (χ1) is 24.0. The van der Waals surface area contributed by atoms with Crippen LogP contribution in [0.3, 0.4) is 0 Å². The Hall–Kier alpha value is -4.68. The largest absolute Gasteiger partial charge is 0.372 e. The molecule has 250 valence electrons. The number of benzene rings is 5. The fourth-order valence-corrected chi connectivity index (χ4v) is 7.05. The molecule has 5 nitrogen and oxygen atoms in total. The van der Waals surface area contributed by atoms with Crippen LogP contribution >= 0.6 is 23.2 Å². The average Bonchev–Trinajstić information content (AvgIpc) is 3.12. The van der Waals surface area contributed by atoms with Gasteiger partial charge in [0.2, 0.25) is 0 Å². The third-order valence-electron chi connectivity index (χ3n) is 8.90. The molecular formula is C42H43Cl2N5. The van der Waals surface area contributed by atoms with Crippen molar-refractivity contribution in [3.63, 3.8) is 0 Å². The lowest BCUT2D eigenvalue weighted by molar-refractivity contribution is 0.704. The lowest BCUT2D eigenvalue weighted by Gasteiger charge is -2.28. The Balaban J connectivity index is 1.66. The van der Waals surface area contributed by atoms with Gasteiger partial charge in [-0.3, -0.25) is 0 Å². The quantitative estimate of drug-likeness (QED) is 0.105. The molecule has 0 fully saturated rings. The van der Waals surface area contributed by atoms with Gasteiger partial charge in [0, 0.05) is 70.3 Å². The Kier molecular flexibility index (Phi) is 12.8. The molecule has 0 saturated carbocycles. The van der Waals surface area contributed by atoms with Gasteiger partial charge in [0.1, 0.15) is 0 Å². The van der Waals surface area contributed by atoms with Gasteiger partial charge in [-0.15, -0.1) is 0 Å². The van der Waals surface area contributed by atoms with E-state index in [4.69, 9.17) is 23.2 Å². The number of hydrogen-bond donors (Lipinski definition) is 1. The molecule has 1 atom stereocenters. The molecule has 0 amide bonds. The van der Waals surface area contributed by atoms with Crippen LogP contribution in [0.15, 0.2) is 103 Å². The molecule has 0 aliphatic carbocycles. The molecule has 7 heteroatoms. The van der Waals surface area contributed by atoms with Crippen LogP contribution in [0, 0.1) is 22.7 Å². The Morgan fingerprint density at radius 1 is 0.612 bits per heavy atom. The van der Waals surface area contributed by atoms with Crippen molar-refractivity contribution >= 4 is 56.7 Å². The Bertz CT molecular complexity index is 1910. The summed E-state index contributed by atoms with van der Waals surface area (Å²) in [6, 6.07) is 40.0. The maximum Gasteiger partial charge on any atom is 0.0640 e. The predicted molar refractivity (Wildman–Crippen MR) is 208 cm³/mol. The molecule has 1 N–H and O–H groups in total. The predicted octanol–water partition coefficient (Wildman–Crippen LogP) is 11.7. The summed E-state index contributed by atoms with van der Waals surface area (Å²) in [5, 5.41) is 25.6. The zero-order chi connectivity index (χ0) is 34.6. The minimum atomic E-state index is -0.263. The van der Waals surface area contributed by atoms with Crippen molar-refractivity contribution in [3.8, 4) is 12.1 Å². The van der Waals surface area contributed by atoms with Crippen molar-refractivity contribution in [2.24, 2.45) is 0 Å². The monoisotopic (exact) mass is 687 g/mol. The fraction of sp³-hybridized carbons (Fsp3) is 0.286. The minimum Gasteiger partial charge on any atom is -0.372 e. The normalized spacial score (nSPS) is 11.5. The van der Waals surface area contributed by atoms with Crippen LogP contribution in [0.2, 0.25) is 10.0 Å². The molecule has 0 heterocycles. The van der Waals surface area contributed by atoms with Crippen LogP contribution in [-0.4, -0.2) is 26.2 Å². The SMILES string of the molecule is CCCCN(CCC)c1ccc(C(c2ccc(N(CCC#N)CCC#N)cc2Cl)c2ccc(Nc3ccccc3)c3ccccc23)c(Cl)c1. The molecule has 0 bridgehead atoms. The standard InChI is InChI=1S/C42H43Cl2N5/c1-3-5-26-48(25-4-2)32-17-19-37(39(43)29-32)42(38-20-18-33(30-40(38)44)49(27-11-23-45)28-12-24-46)36-21-22-41(35-16-10-9-15-34(35)36)47-31-13-7-6-8-14-31/h6-10,13-22,29-30,42,47H,3-5,11-12,25-28H2,1-2H3. The first-order valence-corrected chi connectivity index (χ1v) is 17.9. The van der Waals surface area contributed by atoms with E-state index in [-0.39, 0.29) is 5.92 Å². The number of nitriles is 2. The molecule has 5 aromatic rings. The molecule has 0 aromatic heterocycles. The van der Waals surface area contributed by atoms with Crippen LogP contribution in [0.4, 0.5) is 22.7 Å². The lowest BCUT2D eigenvalue weighted by Crippen LogP contribution is -2.25. The van der Waals surface area contributed by atoms with Gasteiger partial charge in [-0.25, -0.2) is 0 Å². The molecule has 0 spiro atoms. The summed E-state index contributed by atoms with van der Waals surface area (Å²) in [7, 11) is 0. The highest BCUT2D eigenvalue weighted by molar-refractivity contribution is 6.33. The minimum absolute atomic E-state index is 0.263. The van der Waals surface area contributed by atoms with Gasteiger partial charge >= 0.3 is 0 Å². The number of para-hydroxylation sites is 1. The van der Waals surface area contributed by atoms with Gasteiger partial charge in [-0.05, 0) is 77.4 Å². The summed E-state index contributed by atoms with van der Waals surface area (Å²) in [5.41, 5.74) is 7.06. The van der Waals surface area contributed by atoms with Crippen molar-refractivity contribution in [2.75, 3.05) is 41.3 Å². The number of hydrogen-bond acceptors (Lipinski definition) is 5. The summed E-state index contributed by atoms with van der Waals surface area (Å²) in [5.74, 6) is -0.263. The van der Waals surface area contributed by atoms with E-state index in [2.05, 4.69) is 114 Å². The number of halogens is 2. The van der Waals surface area contributed by atoms with Crippen molar-refractivity contribution < 1.29 is 0 Å². The van der Waals surface area contributed by atoms with E-state index in [9.17, 15) is 10.5 Å². The number of nitrogens with zero attached hydrogens (tertiary/aromatic N) is 4. The Morgan fingerprint density at radius 2 is 1.16 bits per heavy atom. The van der Waals surface area contributed by atoms with E-state index in [0.717, 1.165) is 82.6 Å². The van der Waals surface area contributed by atoms with Gasteiger partial charge in [0.15, 0.2) is 0 Å². The van der Waals surface area contributed by atoms with Crippen LogP contribution in [0.25, 0.3) is 10.8 Å². The second-order valence-electron chi connectivity index (χ2n) is 12.2. The second kappa shape index (κ2) is 17.6. The summed E-state index contributed by atoms with van der Waals surface area (Å²) in [6.07, 6.45) is 4.03. The van der Waals surface area contributed by atoms with E-state index >= 15 is 0 Å². The highest BCUT2D eigenvalue weighted by atomic mass is 35.5. The summed E-state index contributed by atoms with van der Waals surface area (Å²) < 4.78 is 0. The Labute approximate surface area is 301 Å². The third-order valence-corrected chi connectivity index (χ3v) is 9.56. The van der Waals surface area contributed by atoms with Gasteiger partial charge in [-0.2, -0.15) is 10.5 Å². The van der Waals surface area contributed by atoms with Crippen LogP contribution in [-0.2, 0) is 0 Å². The smallest absolute Gasteiger partial charge is 0.0640 e. The molecule has 0 saturated heterocycles. The number of unbranched alkanes of at least 4 members (excludes halogenated alkanes) is 1. The molecular weight excluding hydrogens is 645 g/mol. The van der Waals surface area contributed by atoms with Gasteiger partial charge in [0.05, 0.1) is 25.0 Å². The second-order valence-corrected chi connectivity index (χ2v) is 13.0. The van der Waals surface area contributed by atoms with E-state index in [1.54, 1.807) is 0 Å². The fourth-order valence-electron chi connectivity index (χ4n) is 6.49. The number of fused-ring (bicyclic) bond motifs is 1. The zero-order valence-electron chi connectivity index (χ0n) is 28.3. The molecule has 0 radical (unpaired) electrons. The third kappa shape index (κ3) is 8.68.